The molecule has 5 nitrogen and oxygen atoms in total. The van der Waals surface area contributed by atoms with Crippen LogP contribution in [-0.2, 0) is 13.0 Å². The largest absolute Gasteiger partial charge is 0.437 e. The number of ether oxygens (including phenoxy) is 1. The van der Waals surface area contributed by atoms with Crippen LogP contribution in [0.5, 0.6) is 0 Å². The van der Waals surface area contributed by atoms with E-state index in [1.165, 1.54) is 0 Å². The van der Waals surface area contributed by atoms with Gasteiger partial charge in [-0.3, -0.25) is 0 Å². The fraction of sp³-hybridized carbons (Fsp3) is 1.00. The molecular formula is C20H56O5Si3. The Morgan fingerprint density at radius 2 is 1.25 bits per heavy atom. The first kappa shape index (κ1) is 39.0. The highest BCUT2D eigenvalue weighted by Gasteiger charge is 2.37. The minimum Gasteiger partial charge on any atom is -0.437 e. The van der Waals surface area contributed by atoms with Crippen LogP contribution >= 0.6 is 0 Å². The summed E-state index contributed by atoms with van der Waals surface area (Å²) >= 11 is 0. The maximum absolute atomic E-state index is 9.42. The highest BCUT2D eigenvalue weighted by molar-refractivity contribution is 6.87. The van der Waals surface area contributed by atoms with Crippen molar-refractivity contribution >= 4 is 25.2 Å². The minimum atomic E-state index is -2.07. The van der Waals surface area contributed by atoms with Gasteiger partial charge in [0.05, 0.1) is 19.8 Å². The second-order valence-electron chi connectivity index (χ2n) is 8.80. The third-order valence-corrected chi connectivity index (χ3v) is 14.1. The standard InChI is InChI=1S/C16H40O5Si3.4CH4/c1-9-16(13-17,14-18)15-19-11-10-12-23(5,6)21-24(7,8)20-22(2,3)4;;;;/h17-18H,9-15H2,1-8H3;4*1H4. The van der Waals surface area contributed by atoms with Crippen molar-refractivity contribution in [2.45, 2.75) is 101 Å². The van der Waals surface area contributed by atoms with Crippen molar-refractivity contribution in [1.29, 1.82) is 0 Å². The zero-order chi connectivity index (χ0) is 19.1. The molecule has 0 saturated heterocycles. The van der Waals surface area contributed by atoms with Gasteiger partial charge in [0.2, 0.25) is 0 Å². The average Bonchev–Trinajstić information content (AvgIpc) is 2.39. The van der Waals surface area contributed by atoms with Gasteiger partial charge in [-0.2, -0.15) is 0 Å². The molecule has 2 N–H and O–H groups in total. The van der Waals surface area contributed by atoms with Gasteiger partial charge in [-0.1, -0.05) is 36.6 Å². The molecule has 0 spiro atoms. The molecule has 0 aromatic carbocycles. The van der Waals surface area contributed by atoms with Crippen LogP contribution < -0.4 is 0 Å². The Morgan fingerprint density at radius 1 is 0.786 bits per heavy atom. The molecule has 0 aliphatic heterocycles. The fourth-order valence-electron chi connectivity index (χ4n) is 2.83. The first-order valence-corrected chi connectivity index (χ1v) is 18.3. The van der Waals surface area contributed by atoms with E-state index in [0.717, 1.165) is 12.5 Å². The molecule has 0 heterocycles. The Balaban J connectivity index is -0.000000441. The summed E-state index contributed by atoms with van der Waals surface area (Å²) in [6.07, 6.45) is 1.64. The highest BCUT2D eigenvalue weighted by Crippen LogP contribution is 2.24. The molecule has 0 aliphatic rings. The highest BCUT2D eigenvalue weighted by atomic mass is 28.5. The molecule has 0 saturated carbocycles. The topological polar surface area (TPSA) is 68.2 Å². The number of aliphatic hydroxyl groups excluding tert-OH is 2. The van der Waals surface area contributed by atoms with E-state index >= 15 is 0 Å². The van der Waals surface area contributed by atoms with E-state index in [-0.39, 0.29) is 42.9 Å². The van der Waals surface area contributed by atoms with Crippen molar-refractivity contribution in [3.63, 3.8) is 0 Å². The summed E-state index contributed by atoms with van der Waals surface area (Å²) in [4.78, 5) is 0. The van der Waals surface area contributed by atoms with Gasteiger partial charge in [0.1, 0.15) is 0 Å². The lowest BCUT2D eigenvalue weighted by molar-refractivity contribution is -0.0297. The molecule has 0 rings (SSSR count). The normalized spacial score (nSPS) is 12.2. The van der Waals surface area contributed by atoms with Crippen LogP contribution in [0.3, 0.4) is 0 Å². The summed E-state index contributed by atoms with van der Waals surface area (Å²) in [6, 6.07) is 1.02. The minimum absolute atomic E-state index is 0. The molecule has 0 atom stereocenters. The van der Waals surface area contributed by atoms with Gasteiger partial charge < -0.3 is 23.2 Å². The monoisotopic (exact) mass is 460 g/mol. The van der Waals surface area contributed by atoms with Crippen molar-refractivity contribution in [1.82, 2.24) is 0 Å². The molecular weight excluding hydrogens is 404 g/mol. The van der Waals surface area contributed by atoms with E-state index in [1.54, 1.807) is 0 Å². The lowest BCUT2D eigenvalue weighted by atomic mass is 9.88. The molecule has 0 bridgehead atoms. The van der Waals surface area contributed by atoms with E-state index in [1.807, 2.05) is 6.92 Å². The quantitative estimate of drug-likeness (QED) is 0.257. The number of hydrogen-bond donors (Lipinski definition) is 2. The lowest BCUT2D eigenvalue weighted by Crippen LogP contribution is -2.51. The van der Waals surface area contributed by atoms with Crippen LogP contribution in [0.2, 0.25) is 51.9 Å². The molecule has 0 aromatic rings. The van der Waals surface area contributed by atoms with Crippen molar-refractivity contribution < 1.29 is 23.2 Å². The first-order chi connectivity index (χ1) is 10.8. The van der Waals surface area contributed by atoms with Gasteiger partial charge >= 0.3 is 8.56 Å². The fourth-order valence-corrected chi connectivity index (χ4v) is 16.0. The van der Waals surface area contributed by atoms with Crippen molar-refractivity contribution in [2.75, 3.05) is 26.4 Å². The summed E-state index contributed by atoms with van der Waals surface area (Å²) in [7, 11) is -5.44. The molecule has 0 amide bonds. The number of rotatable bonds is 13. The average molecular weight is 461 g/mol. The zero-order valence-corrected chi connectivity index (χ0v) is 20.1. The molecule has 0 fully saturated rings. The summed E-state index contributed by atoms with van der Waals surface area (Å²) in [5.74, 6) is 0. The van der Waals surface area contributed by atoms with Gasteiger partial charge in [0.15, 0.2) is 16.6 Å². The van der Waals surface area contributed by atoms with Crippen molar-refractivity contribution in [3.05, 3.63) is 0 Å². The number of aliphatic hydroxyl groups is 2. The van der Waals surface area contributed by atoms with Gasteiger partial charge in [-0.05, 0) is 64.7 Å². The molecule has 0 radical (unpaired) electrons. The van der Waals surface area contributed by atoms with Crippen LogP contribution in [0, 0.1) is 5.41 Å². The van der Waals surface area contributed by atoms with E-state index < -0.39 is 30.6 Å². The molecule has 0 unspecified atom stereocenters. The summed E-state index contributed by atoms with van der Waals surface area (Å²) in [5, 5.41) is 18.8. The molecule has 178 valence electrons. The SMILES string of the molecule is C.C.C.C.CCC(CO)(CO)COCCC[Si](C)(C)O[Si](C)(C)O[Si](C)(C)C. The van der Waals surface area contributed by atoms with Crippen LogP contribution in [-0.4, -0.2) is 61.8 Å². The van der Waals surface area contributed by atoms with Crippen LogP contribution in [0.15, 0.2) is 0 Å². The second kappa shape index (κ2) is 16.2. The van der Waals surface area contributed by atoms with Gasteiger partial charge in [-0.15, -0.1) is 0 Å². The van der Waals surface area contributed by atoms with Crippen LogP contribution in [0.4, 0.5) is 0 Å². The van der Waals surface area contributed by atoms with E-state index in [0.29, 0.717) is 19.6 Å². The Labute approximate surface area is 181 Å². The predicted molar refractivity (Wildman–Crippen MR) is 135 cm³/mol. The Morgan fingerprint density at radius 3 is 1.61 bits per heavy atom. The Hall–Kier alpha value is 0.451. The maximum atomic E-state index is 9.42. The van der Waals surface area contributed by atoms with Crippen LogP contribution in [0.25, 0.3) is 0 Å². The molecule has 0 aromatic heterocycles. The maximum Gasteiger partial charge on any atom is 0.311 e. The van der Waals surface area contributed by atoms with Crippen LogP contribution in [0.1, 0.15) is 49.5 Å². The van der Waals surface area contributed by atoms with E-state index in [2.05, 4.69) is 45.8 Å². The van der Waals surface area contributed by atoms with Gasteiger partial charge in [0.25, 0.3) is 0 Å². The van der Waals surface area contributed by atoms with Gasteiger partial charge in [-0.25, -0.2) is 0 Å². The van der Waals surface area contributed by atoms with Crippen molar-refractivity contribution in [2.24, 2.45) is 5.41 Å². The Bertz CT molecular complexity index is 346. The molecule has 0 aliphatic carbocycles. The zero-order valence-electron chi connectivity index (χ0n) is 17.1. The third kappa shape index (κ3) is 17.3. The number of hydrogen-bond acceptors (Lipinski definition) is 5. The summed E-state index contributed by atoms with van der Waals surface area (Å²) in [5.41, 5.74) is -0.510. The smallest absolute Gasteiger partial charge is 0.311 e. The summed E-state index contributed by atoms with van der Waals surface area (Å²) in [6.45, 7) is 18.3. The first-order valence-electron chi connectivity index (χ1n) is 9.00. The second-order valence-corrected chi connectivity index (χ2v) is 21.5. The van der Waals surface area contributed by atoms with E-state index in [9.17, 15) is 10.2 Å². The summed E-state index contributed by atoms with van der Waals surface area (Å²) < 4.78 is 18.5. The predicted octanol–water partition coefficient (Wildman–Crippen LogP) is 6.09. The molecule has 8 heteroatoms. The van der Waals surface area contributed by atoms with E-state index in [4.69, 9.17) is 13.0 Å². The van der Waals surface area contributed by atoms with Crippen molar-refractivity contribution in [3.8, 4) is 0 Å². The Kier molecular flexibility index (Phi) is 22.5. The molecule has 28 heavy (non-hydrogen) atoms. The van der Waals surface area contributed by atoms with Gasteiger partial charge in [0, 0.05) is 12.0 Å². The lowest BCUT2D eigenvalue weighted by Gasteiger charge is -2.37. The third-order valence-electron chi connectivity index (χ3n) is 3.97.